The molecule has 128 valence electrons. The van der Waals surface area contributed by atoms with Gasteiger partial charge in [0.2, 0.25) is 0 Å². The number of nitro benzene ring substituents is 1. The molecule has 1 atom stereocenters. The Hall–Kier alpha value is -2.61. The van der Waals surface area contributed by atoms with Gasteiger partial charge < -0.3 is 14.4 Å². The maximum Gasteiger partial charge on any atom is 0.333 e. The lowest BCUT2D eigenvalue weighted by molar-refractivity contribution is -0.385. The van der Waals surface area contributed by atoms with Crippen LogP contribution in [-0.4, -0.2) is 41.0 Å². The molecule has 0 N–H and O–H groups in total. The van der Waals surface area contributed by atoms with Crippen LogP contribution in [0.4, 0.5) is 11.4 Å². The van der Waals surface area contributed by atoms with E-state index in [2.05, 4.69) is 5.10 Å². The Balaban J connectivity index is 1.90. The van der Waals surface area contributed by atoms with E-state index in [0.717, 1.165) is 5.56 Å². The van der Waals surface area contributed by atoms with Crippen molar-refractivity contribution in [3.05, 3.63) is 46.3 Å². The minimum Gasteiger partial charge on any atom is -0.487 e. The van der Waals surface area contributed by atoms with Crippen LogP contribution in [0.3, 0.4) is 0 Å². The fraction of sp³-hybridized carbons (Fsp3) is 0.438. The Morgan fingerprint density at radius 3 is 3.00 bits per heavy atom. The van der Waals surface area contributed by atoms with Crippen molar-refractivity contribution in [3.63, 3.8) is 0 Å². The van der Waals surface area contributed by atoms with Crippen LogP contribution in [0.15, 0.2) is 30.6 Å². The van der Waals surface area contributed by atoms with Crippen LogP contribution in [-0.2, 0) is 11.8 Å². The van der Waals surface area contributed by atoms with E-state index >= 15 is 0 Å². The van der Waals surface area contributed by atoms with E-state index in [1.54, 1.807) is 29.1 Å². The first-order chi connectivity index (χ1) is 11.6. The number of nitro groups is 1. The Morgan fingerprint density at radius 2 is 2.33 bits per heavy atom. The van der Waals surface area contributed by atoms with Gasteiger partial charge in [0.1, 0.15) is 11.8 Å². The molecular formula is C16H20N4O4. The zero-order valence-electron chi connectivity index (χ0n) is 13.7. The van der Waals surface area contributed by atoms with Gasteiger partial charge in [-0.3, -0.25) is 14.8 Å². The van der Waals surface area contributed by atoms with Crippen molar-refractivity contribution in [1.29, 1.82) is 0 Å². The van der Waals surface area contributed by atoms with Crippen LogP contribution in [0.2, 0.25) is 0 Å². The van der Waals surface area contributed by atoms with Crippen molar-refractivity contribution in [1.82, 2.24) is 9.78 Å². The summed E-state index contributed by atoms with van der Waals surface area (Å²) in [5.74, 6) is 0.296. The molecule has 3 rings (SSSR count). The number of rotatable bonds is 5. The first-order valence-corrected chi connectivity index (χ1v) is 7.85. The normalized spacial score (nSPS) is 17.8. The SMILES string of the molecule is CCOc1cccc(N2CCO[C@@H](c3cnn(C)c3)C2)c1[N+](=O)[O-]. The molecule has 0 amide bonds. The molecule has 2 aromatic rings. The largest absolute Gasteiger partial charge is 0.487 e. The second-order valence-corrected chi connectivity index (χ2v) is 5.57. The fourth-order valence-electron chi connectivity index (χ4n) is 2.90. The van der Waals surface area contributed by atoms with Crippen LogP contribution in [0.1, 0.15) is 18.6 Å². The number of hydrogen-bond acceptors (Lipinski definition) is 6. The number of nitrogens with zero attached hydrogens (tertiary/aromatic N) is 4. The monoisotopic (exact) mass is 332 g/mol. The molecule has 0 spiro atoms. The van der Waals surface area contributed by atoms with Crippen molar-refractivity contribution in [2.45, 2.75) is 13.0 Å². The summed E-state index contributed by atoms with van der Waals surface area (Å²) in [6.45, 7) is 3.81. The van der Waals surface area contributed by atoms with E-state index in [0.29, 0.717) is 37.7 Å². The highest BCUT2D eigenvalue weighted by Gasteiger charge is 2.30. The Morgan fingerprint density at radius 1 is 1.50 bits per heavy atom. The first-order valence-electron chi connectivity index (χ1n) is 7.85. The summed E-state index contributed by atoms with van der Waals surface area (Å²) >= 11 is 0. The minimum atomic E-state index is -0.380. The predicted octanol–water partition coefficient (Wildman–Crippen LogP) is 2.30. The molecule has 0 radical (unpaired) electrons. The summed E-state index contributed by atoms with van der Waals surface area (Å²) < 4.78 is 13.0. The average Bonchev–Trinajstić information content (AvgIpc) is 3.01. The average molecular weight is 332 g/mol. The summed E-state index contributed by atoms with van der Waals surface area (Å²) in [5.41, 5.74) is 1.53. The molecule has 1 aromatic heterocycles. The highest BCUT2D eigenvalue weighted by Crippen LogP contribution is 2.39. The Labute approximate surface area is 139 Å². The van der Waals surface area contributed by atoms with E-state index in [1.807, 2.05) is 25.1 Å². The van der Waals surface area contributed by atoms with Crippen LogP contribution in [0.5, 0.6) is 5.75 Å². The summed E-state index contributed by atoms with van der Waals surface area (Å²) in [6, 6.07) is 5.17. The molecule has 1 aromatic carbocycles. The van der Waals surface area contributed by atoms with Crippen LogP contribution >= 0.6 is 0 Å². The number of benzene rings is 1. The van der Waals surface area contributed by atoms with Crippen molar-refractivity contribution in [2.75, 3.05) is 31.2 Å². The lowest BCUT2D eigenvalue weighted by Crippen LogP contribution is -2.38. The lowest BCUT2D eigenvalue weighted by atomic mass is 10.1. The molecule has 0 saturated carbocycles. The number of aryl methyl sites for hydroxylation is 1. The van der Waals surface area contributed by atoms with Crippen molar-refractivity contribution >= 4 is 11.4 Å². The number of morpholine rings is 1. The molecule has 1 saturated heterocycles. The second kappa shape index (κ2) is 6.88. The molecule has 0 unspecified atom stereocenters. The van der Waals surface area contributed by atoms with E-state index in [-0.39, 0.29) is 16.7 Å². The molecule has 1 fully saturated rings. The standard InChI is InChI=1S/C16H20N4O4/c1-3-23-14-6-4-5-13(16(14)20(21)22)19-7-8-24-15(11-19)12-9-17-18(2)10-12/h4-6,9-10,15H,3,7-8,11H2,1-2H3/t15-/m1/s1. The number of aromatic nitrogens is 2. The van der Waals surface area contributed by atoms with Gasteiger partial charge in [-0.25, -0.2) is 0 Å². The van der Waals surface area contributed by atoms with Gasteiger partial charge in [-0.1, -0.05) is 6.07 Å². The minimum absolute atomic E-state index is 0.00573. The summed E-state index contributed by atoms with van der Waals surface area (Å²) in [5, 5.41) is 15.7. The number of ether oxygens (including phenoxy) is 2. The van der Waals surface area contributed by atoms with Gasteiger partial charge in [-0.2, -0.15) is 5.10 Å². The number of para-hydroxylation sites is 1. The molecular weight excluding hydrogens is 312 g/mol. The first kappa shape index (κ1) is 16.3. The highest BCUT2D eigenvalue weighted by atomic mass is 16.6. The van der Waals surface area contributed by atoms with Gasteiger partial charge >= 0.3 is 5.69 Å². The zero-order valence-corrected chi connectivity index (χ0v) is 13.7. The van der Waals surface area contributed by atoms with Crippen molar-refractivity contribution < 1.29 is 14.4 Å². The van der Waals surface area contributed by atoms with E-state index in [9.17, 15) is 10.1 Å². The smallest absolute Gasteiger partial charge is 0.333 e. The van der Waals surface area contributed by atoms with E-state index in [1.165, 1.54) is 0 Å². The van der Waals surface area contributed by atoms with Crippen molar-refractivity contribution in [2.24, 2.45) is 7.05 Å². The van der Waals surface area contributed by atoms with Gasteiger partial charge in [0.15, 0.2) is 5.75 Å². The topological polar surface area (TPSA) is 82.7 Å². The van der Waals surface area contributed by atoms with Crippen molar-refractivity contribution in [3.8, 4) is 5.75 Å². The third-order valence-electron chi connectivity index (χ3n) is 3.96. The van der Waals surface area contributed by atoms with Gasteiger partial charge in [-0.15, -0.1) is 0 Å². The fourth-order valence-corrected chi connectivity index (χ4v) is 2.90. The Bertz CT molecular complexity index is 731. The van der Waals surface area contributed by atoms with Crippen LogP contribution in [0.25, 0.3) is 0 Å². The third-order valence-corrected chi connectivity index (χ3v) is 3.96. The second-order valence-electron chi connectivity index (χ2n) is 5.57. The molecule has 8 nitrogen and oxygen atoms in total. The molecule has 8 heteroatoms. The molecule has 0 bridgehead atoms. The predicted molar refractivity (Wildman–Crippen MR) is 88.4 cm³/mol. The quantitative estimate of drug-likeness (QED) is 0.617. The molecule has 0 aliphatic carbocycles. The Kier molecular flexibility index (Phi) is 4.66. The molecule has 1 aliphatic rings. The summed E-state index contributed by atoms with van der Waals surface area (Å²) in [7, 11) is 1.85. The third kappa shape index (κ3) is 3.18. The zero-order chi connectivity index (χ0) is 17.1. The van der Waals surface area contributed by atoms with E-state index < -0.39 is 0 Å². The lowest BCUT2D eigenvalue weighted by Gasteiger charge is -2.34. The molecule has 1 aliphatic heterocycles. The van der Waals surface area contributed by atoms with Crippen LogP contribution in [0, 0.1) is 10.1 Å². The summed E-state index contributed by atoms with van der Waals surface area (Å²) in [4.78, 5) is 13.2. The van der Waals surface area contributed by atoms with Gasteiger partial charge in [-0.05, 0) is 19.1 Å². The van der Waals surface area contributed by atoms with Gasteiger partial charge in [0, 0.05) is 31.9 Å². The number of anilines is 1. The summed E-state index contributed by atoms with van der Waals surface area (Å²) in [6.07, 6.45) is 3.50. The molecule has 2 heterocycles. The van der Waals surface area contributed by atoms with Gasteiger partial charge in [0.05, 0.1) is 24.3 Å². The number of hydrogen-bond donors (Lipinski definition) is 0. The maximum atomic E-state index is 11.6. The van der Waals surface area contributed by atoms with Crippen LogP contribution < -0.4 is 9.64 Å². The van der Waals surface area contributed by atoms with Gasteiger partial charge in [0.25, 0.3) is 0 Å². The maximum absolute atomic E-state index is 11.6. The van der Waals surface area contributed by atoms with E-state index in [4.69, 9.17) is 9.47 Å². The highest BCUT2D eigenvalue weighted by molar-refractivity contribution is 5.70. The molecule has 24 heavy (non-hydrogen) atoms.